The Bertz CT molecular complexity index is 1160. The molecular weight excluding hydrogens is 416 g/mol. The van der Waals surface area contributed by atoms with Gasteiger partial charge in [-0.15, -0.1) is 0 Å². The Kier molecular flexibility index (Phi) is 6.13. The van der Waals surface area contributed by atoms with Crippen LogP contribution in [0, 0.1) is 11.8 Å². The molecule has 2 bridgehead atoms. The van der Waals surface area contributed by atoms with Gasteiger partial charge in [-0.05, 0) is 73.2 Å². The van der Waals surface area contributed by atoms with Gasteiger partial charge >= 0.3 is 0 Å². The lowest BCUT2D eigenvalue weighted by atomic mass is 9.76. The SMILES string of the molecule is COc1cccc(CNC(=O)Cc2ccc3[nH]nc(C(=O)C[C@H]4CN5CCC4CC5)c3c2)c1. The van der Waals surface area contributed by atoms with E-state index in [4.69, 9.17) is 4.74 Å². The molecule has 3 fully saturated rings. The third-order valence-electron chi connectivity index (χ3n) is 7.12. The van der Waals surface area contributed by atoms with Crippen LogP contribution in [0.5, 0.6) is 5.75 Å². The van der Waals surface area contributed by atoms with Gasteiger partial charge in [-0.2, -0.15) is 5.10 Å². The standard InChI is InChI=1S/C26H30N4O3/c1-33-21-4-2-3-18(11-21)15-27-25(32)13-17-5-6-23-22(12-17)26(29-28-23)24(31)14-20-16-30-9-7-19(20)8-10-30/h2-6,11-12,19-20H,7-10,13-16H2,1H3,(H,27,32)(H,28,29)/t20-/m0/s1. The lowest BCUT2D eigenvalue weighted by molar-refractivity contribution is -0.120. The summed E-state index contributed by atoms with van der Waals surface area (Å²) in [5.74, 6) is 1.88. The molecule has 0 radical (unpaired) electrons. The van der Waals surface area contributed by atoms with E-state index in [-0.39, 0.29) is 18.1 Å². The molecule has 3 aliphatic heterocycles. The Hall–Kier alpha value is -3.19. The van der Waals surface area contributed by atoms with Crippen molar-refractivity contribution in [2.75, 3.05) is 26.7 Å². The van der Waals surface area contributed by atoms with Crippen LogP contribution in [0.4, 0.5) is 0 Å². The maximum atomic E-state index is 13.1. The Morgan fingerprint density at radius 2 is 2.00 bits per heavy atom. The van der Waals surface area contributed by atoms with Gasteiger partial charge in [0.1, 0.15) is 11.4 Å². The highest BCUT2D eigenvalue weighted by molar-refractivity contribution is 6.06. The molecule has 1 aromatic heterocycles. The summed E-state index contributed by atoms with van der Waals surface area (Å²) < 4.78 is 5.23. The van der Waals surface area contributed by atoms with Gasteiger partial charge in [0, 0.05) is 24.9 Å². The van der Waals surface area contributed by atoms with Crippen molar-refractivity contribution in [3.05, 3.63) is 59.3 Å². The molecule has 0 spiro atoms. The fraction of sp³-hybridized carbons (Fsp3) is 0.423. The molecule has 0 unspecified atom stereocenters. The highest BCUT2D eigenvalue weighted by atomic mass is 16.5. The van der Waals surface area contributed by atoms with Crippen molar-refractivity contribution < 1.29 is 14.3 Å². The van der Waals surface area contributed by atoms with E-state index in [1.807, 2.05) is 42.5 Å². The lowest BCUT2D eigenvalue weighted by Gasteiger charge is -2.44. The van der Waals surface area contributed by atoms with Gasteiger partial charge in [-0.3, -0.25) is 14.7 Å². The average molecular weight is 447 g/mol. The number of hydrogen-bond acceptors (Lipinski definition) is 5. The van der Waals surface area contributed by atoms with Crippen molar-refractivity contribution in [1.82, 2.24) is 20.4 Å². The van der Waals surface area contributed by atoms with Gasteiger partial charge < -0.3 is 15.0 Å². The second kappa shape index (κ2) is 9.35. The third-order valence-corrected chi connectivity index (χ3v) is 7.12. The highest BCUT2D eigenvalue weighted by Crippen LogP contribution is 2.35. The number of benzene rings is 2. The molecule has 2 N–H and O–H groups in total. The summed E-state index contributed by atoms with van der Waals surface area (Å²) in [6.07, 6.45) is 3.20. The number of nitrogens with zero attached hydrogens (tertiary/aromatic N) is 2. The highest BCUT2D eigenvalue weighted by Gasteiger charge is 2.35. The number of amides is 1. The number of fused-ring (bicyclic) bond motifs is 4. The van der Waals surface area contributed by atoms with Crippen LogP contribution in [0.2, 0.25) is 0 Å². The number of nitrogens with one attached hydrogen (secondary N) is 2. The van der Waals surface area contributed by atoms with Crippen molar-refractivity contribution in [3.8, 4) is 5.75 Å². The molecule has 7 heteroatoms. The van der Waals surface area contributed by atoms with Crippen LogP contribution in [-0.4, -0.2) is 53.5 Å². The first-order valence-electron chi connectivity index (χ1n) is 11.7. The summed E-state index contributed by atoms with van der Waals surface area (Å²) in [4.78, 5) is 28.1. The maximum Gasteiger partial charge on any atom is 0.224 e. The smallest absolute Gasteiger partial charge is 0.224 e. The fourth-order valence-electron chi connectivity index (χ4n) is 5.27. The number of Topliss-reactive ketones (excluding diaryl/α,β-unsaturated/α-hetero) is 1. The minimum atomic E-state index is -0.0687. The molecule has 1 amide bonds. The van der Waals surface area contributed by atoms with E-state index in [1.54, 1.807) is 7.11 Å². The molecule has 3 aliphatic rings. The van der Waals surface area contributed by atoms with E-state index in [0.29, 0.717) is 30.5 Å². The summed E-state index contributed by atoms with van der Waals surface area (Å²) in [6, 6.07) is 13.4. The van der Waals surface area contributed by atoms with E-state index in [0.717, 1.165) is 34.3 Å². The molecule has 0 saturated carbocycles. The summed E-state index contributed by atoms with van der Waals surface area (Å²) in [5.41, 5.74) is 3.17. The normalized spacial score (nSPS) is 21.8. The molecule has 172 valence electrons. The van der Waals surface area contributed by atoms with Gasteiger partial charge in [0.25, 0.3) is 0 Å². The van der Waals surface area contributed by atoms with Gasteiger partial charge in [0.15, 0.2) is 5.78 Å². The van der Waals surface area contributed by atoms with Gasteiger partial charge in [0.2, 0.25) is 5.91 Å². The molecule has 6 rings (SSSR count). The number of H-pyrrole nitrogens is 1. The maximum absolute atomic E-state index is 13.1. The number of aromatic amines is 1. The summed E-state index contributed by atoms with van der Waals surface area (Å²) >= 11 is 0. The molecule has 3 saturated heterocycles. The number of rotatable bonds is 8. The Labute approximate surface area is 193 Å². The number of carbonyl (C=O) groups is 2. The summed E-state index contributed by atoms with van der Waals surface area (Å²) in [7, 11) is 1.62. The minimum absolute atomic E-state index is 0.0687. The summed E-state index contributed by atoms with van der Waals surface area (Å²) in [6.45, 7) is 3.80. The van der Waals surface area contributed by atoms with Crippen LogP contribution >= 0.6 is 0 Å². The predicted octanol–water partition coefficient (Wildman–Crippen LogP) is 3.35. The number of aromatic nitrogens is 2. The molecule has 3 aromatic rings. The van der Waals surface area contributed by atoms with Crippen LogP contribution < -0.4 is 10.1 Å². The zero-order chi connectivity index (χ0) is 22.8. The zero-order valence-electron chi connectivity index (χ0n) is 19.0. The van der Waals surface area contributed by atoms with Crippen molar-refractivity contribution >= 4 is 22.6 Å². The van der Waals surface area contributed by atoms with E-state index >= 15 is 0 Å². The molecule has 4 heterocycles. The van der Waals surface area contributed by atoms with Crippen LogP contribution in [0.25, 0.3) is 10.9 Å². The number of piperidine rings is 3. The molecule has 2 aromatic carbocycles. The summed E-state index contributed by atoms with van der Waals surface area (Å²) in [5, 5.41) is 11.1. The average Bonchev–Trinajstić information content (AvgIpc) is 3.27. The van der Waals surface area contributed by atoms with E-state index in [2.05, 4.69) is 20.4 Å². The quantitative estimate of drug-likeness (QED) is 0.518. The van der Waals surface area contributed by atoms with Gasteiger partial charge in [0.05, 0.1) is 19.0 Å². The second-order valence-corrected chi connectivity index (χ2v) is 9.28. The van der Waals surface area contributed by atoms with E-state index < -0.39 is 0 Å². The van der Waals surface area contributed by atoms with E-state index in [9.17, 15) is 9.59 Å². The minimum Gasteiger partial charge on any atom is -0.497 e. The second-order valence-electron chi connectivity index (χ2n) is 9.28. The van der Waals surface area contributed by atoms with Crippen molar-refractivity contribution in [3.63, 3.8) is 0 Å². The fourth-order valence-corrected chi connectivity index (χ4v) is 5.27. The van der Waals surface area contributed by atoms with Crippen molar-refractivity contribution in [1.29, 1.82) is 0 Å². The van der Waals surface area contributed by atoms with Crippen LogP contribution in [0.1, 0.15) is 40.9 Å². The largest absolute Gasteiger partial charge is 0.497 e. The molecule has 7 nitrogen and oxygen atoms in total. The predicted molar refractivity (Wildman–Crippen MR) is 126 cm³/mol. The number of carbonyl (C=O) groups excluding carboxylic acids is 2. The van der Waals surface area contributed by atoms with Crippen LogP contribution in [0.15, 0.2) is 42.5 Å². The number of ketones is 1. The topological polar surface area (TPSA) is 87.3 Å². The van der Waals surface area contributed by atoms with Crippen LogP contribution in [-0.2, 0) is 17.8 Å². The number of hydrogen-bond donors (Lipinski definition) is 2. The number of methoxy groups -OCH3 is 1. The first kappa shape index (κ1) is 21.6. The molecular formula is C26H30N4O3. The Morgan fingerprint density at radius 3 is 2.76 bits per heavy atom. The van der Waals surface area contributed by atoms with Crippen molar-refractivity contribution in [2.45, 2.75) is 32.2 Å². The zero-order valence-corrected chi connectivity index (χ0v) is 19.0. The first-order chi connectivity index (χ1) is 16.1. The van der Waals surface area contributed by atoms with Gasteiger partial charge in [-0.1, -0.05) is 18.2 Å². The number of ether oxygens (including phenoxy) is 1. The Balaban J connectivity index is 1.24. The molecule has 1 atom stereocenters. The molecule has 0 aliphatic carbocycles. The van der Waals surface area contributed by atoms with Crippen molar-refractivity contribution in [2.24, 2.45) is 11.8 Å². The lowest BCUT2D eigenvalue weighted by Crippen LogP contribution is -2.47. The molecule has 33 heavy (non-hydrogen) atoms. The van der Waals surface area contributed by atoms with E-state index in [1.165, 1.54) is 25.9 Å². The Morgan fingerprint density at radius 1 is 1.15 bits per heavy atom. The third kappa shape index (κ3) is 4.78. The monoisotopic (exact) mass is 446 g/mol. The first-order valence-corrected chi connectivity index (χ1v) is 11.7. The van der Waals surface area contributed by atoms with Crippen LogP contribution in [0.3, 0.4) is 0 Å². The van der Waals surface area contributed by atoms with Gasteiger partial charge in [-0.25, -0.2) is 0 Å².